The van der Waals surface area contributed by atoms with Gasteiger partial charge >= 0.3 is 0 Å². The third-order valence-electron chi connectivity index (χ3n) is 5.81. The maximum Gasteiger partial charge on any atom is 0.252 e. The lowest BCUT2D eigenvalue weighted by molar-refractivity contribution is -0.132. The van der Waals surface area contributed by atoms with Crippen LogP contribution in [-0.4, -0.2) is 31.7 Å². The van der Waals surface area contributed by atoms with Crippen molar-refractivity contribution in [1.82, 2.24) is 19.2 Å². The first-order valence-corrected chi connectivity index (χ1v) is 10.9. The SMILES string of the molecule is CCN(Cc1ccccc1)C(=O)Cn1c(=O)cc(C)c2c(C)nn(-c3ccc(C)cc3)c21. The van der Waals surface area contributed by atoms with Gasteiger partial charge in [-0.05, 0) is 51.0 Å². The fourth-order valence-electron chi connectivity index (χ4n) is 4.10. The van der Waals surface area contributed by atoms with Crippen molar-refractivity contribution < 1.29 is 4.79 Å². The second kappa shape index (κ2) is 8.83. The van der Waals surface area contributed by atoms with Gasteiger partial charge in [-0.25, -0.2) is 4.68 Å². The highest BCUT2D eigenvalue weighted by atomic mass is 16.2. The number of fused-ring (bicyclic) bond motifs is 1. The Hall–Kier alpha value is -3.67. The lowest BCUT2D eigenvalue weighted by Crippen LogP contribution is -2.36. The molecule has 1 amide bonds. The second-order valence-corrected chi connectivity index (χ2v) is 8.18. The van der Waals surface area contributed by atoms with Crippen LogP contribution in [0.4, 0.5) is 0 Å². The van der Waals surface area contributed by atoms with E-state index in [0.29, 0.717) is 18.7 Å². The van der Waals surface area contributed by atoms with E-state index in [9.17, 15) is 9.59 Å². The zero-order chi connectivity index (χ0) is 22.8. The number of benzene rings is 2. The van der Waals surface area contributed by atoms with E-state index in [0.717, 1.165) is 33.5 Å². The zero-order valence-corrected chi connectivity index (χ0v) is 19.0. The predicted octanol–water partition coefficient (Wildman–Crippen LogP) is 4.16. The average molecular weight is 429 g/mol. The van der Waals surface area contributed by atoms with Crippen molar-refractivity contribution in [1.29, 1.82) is 0 Å². The summed E-state index contributed by atoms with van der Waals surface area (Å²) < 4.78 is 3.33. The standard InChI is InChI=1S/C26H28N4O2/c1-5-28(16-21-9-7-6-8-10-21)24(32)17-29-23(31)15-19(3)25-20(4)27-30(26(25)29)22-13-11-18(2)12-14-22/h6-15H,5,16-17H2,1-4H3. The number of aromatic nitrogens is 3. The van der Waals surface area contributed by atoms with E-state index >= 15 is 0 Å². The van der Waals surface area contributed by atoms with Crippen LogP contribution in [-0.2, 0) is 17.9 Å². The molecule has 0 spiro atoms. The first kappa shape index (κ1) is 21.6. The Bertz CT molecular complexity index is 1320. The fourth-order valence-corrected chi connectivity index (χ4v) is 4.10. The molecule has 0 fully saturated rings. The summed E-state index contributed by atoms with van der Waals surface area (Å²) in [6.07, 6.45) is 0. The zero-order valence-electron chi connectivity index (χ0n) is 19.0. The van der Waals surface area contributed by atoms with E-state index in [4.69, 9.17) is 5.10 Å². The van der Waals surface area contributed by atoms with Crippen molar-refractivity contribution in [3.63, 3.8) is 0 Å². The summed E-state index contributed by atoms with van der Waals surface area (Å²) in [5.74, 6) is -0.0992. The lowest BCUT2D eigenvalue weighted by Gasteiger charge is -2.22. The van der Waals surface area contributed by atoms with Crippen LogP contribution in [0.15, 0.2) is 65.5 Å². The molecular weight excluding hydrogens is 400 g/mol. The van der Waals surface area contributed by atoms with Crippen molar-refractivity contribution in [3.05, 3.63) is 93.4 Å². The van der Waals surface area contributed by atoms with Gasteiger partial charge in [-0.2, -0.15) is 5.10 Å². The molecule has 4 rings (SSSR count). The Labute approximate surface area is 187 Å². The average Bonchev–Trinajstić information content (AvgIpc) is 3.13. The maximum atomic E-state index is 13.3. The molecule has 0 atom stereocenters. The molecule has 6 heteroatoms. The molecule has 0 aliphatic carbocycles. The van der Waals surface area contributed by atoms with Gasteiger partial charge in [0.15, 0.2) is 0 Å². The molecule has 164 valence electrons. The van der Waals surface area contributed by atoms with Gasteiger partial charge in [0.1, 0.15) is 12.2 Å². The summed E-state index contributed by atoms with van der Waals surface area (Å²) in [6.45, 7) is 8.87. The molecule has 0 saturated heterocycles. The molecule has 32 heavy (non-hydrogen) atoms. The van der Waals surface area contributed by atoms with Gasteiger partial charge in [-0.15, -0.1) is 0 Å². The first-order valence-electron chi connectivity index (χ1n) is 10.9. The number of likely N-dealkylation sites (N-methyl/N-ethyl adjacent to an activating group) is 1. The molecule has 0 unspecified atom stereocenters. The Morgan fingerprint density at radius 2 is 1.69 bits per heavy atom. The van der Waals surface area contributed by atoms with Crippen LogP contribution in [0.1, 0.15) is 29.3 Å². The summed E-state index contributed by atoms with van der Waals surface area (Å²) in [4.78, 5) is 28.1. The summed E-state index contributed by atoms with van der Waals surface area (Å²) >= 11 is 0. The highest BCUT2D eigenvalue weighted by Gasteiger charge is 2.20. The number of hydrogen-bond donors (Lipinski definition) is 0. The van der Waals surface area contributed by atoms with Crippen molar-refractivity contribution >= 4 is 16.9 Å². The minimum atomic E-state index is -0.202. The number of rotatable bonds is 6. The molecule has 2 aromatic carbocycles. The number of carbonyl (C=O) groups is 1. The Morgan fingerprint density at radius 3 is 2.34 bits per heavy atom. The number of nitrogens with zero attached hydrogens (tertiary/aromatic N) is 4. The molecule has 4 aromatic rings. The van der Waals surface area contributed by atoms with Crippen LogP contribution in [0, 0.1) is 20.8 Å². The van der Waals surface area contributed by atoms with Gasteiger partial charge in [-0.3, -0.25) is 14.2 Å². The van der Waals surface area contributed by atoms with Gasteiger partial charge in [0, 0.05) is 24.5 Å². The van der Waals surface area contributed by atoms with Crippen LogP contribution in [0.5, 0.6) is 0 Å². The van der Waals surface area contributed by atoms with E-state index in [-0.39, 0.29) is 18.0 Å². The number of hydrogen-bond acceptors (Lipinski definition) is 3. The van der Waals surface area contributed by atoms with Crippen molar-refractivity contribution in [2.75, 3.05) is 6.54 Å². The molecule has 0 aliphatic heterocycles. The predicted molar refractivity (Wildman–Crippen MR) is 127 cm³/mol. The number of carbonyl (C=O) groups excluding carboxylic acids is 1. The highest BCUT2D eigenvalue weighted by molar-refractivity contribution is 5.85. The monoisotopic (exact) mass is 428 g/mol. The normalized spacial score (nSPS) is 11.1. The smallest absolute Gasteiger partial charge is 0.252 e. The van der Waals surface area contributed by atoms with Crippen LogP contribution >= 0.6 is 0 Å². The third-order valence-corrected chi connectivity index (χ3v) is 5.81. The third kappa shape index (κ3) is 4.08. The largest absolute Gasteiger partial charge is 0.337 e. The van der Waals surface area contributed by atoms with Gasteiger partial charge in [-0.1, -0.05) is 48.0 Å². The highest BCUT2D eigenvalue weighted by Crippen LogP contribution is 2.24. The Morgan fingerprint density at radius 1 is 1.00 bits per heavy atom. The summed E-state index contributed by atoms with van der Waals surface area (Å²) in [6, 6.07) is 19.5. The molecule has 0 aliphatic rings. The van der Waals surface area contributed by atoms with Crippen molar-refractivity contribution in [2.45, 2.75) is 40.8 Å². The molecule has 0 saturated carbocycles. The molecule has 2 aromatic heterocycles. The summed E-state index contributed by atoms with van der Waals surface area (Å²) in [5, 5.41) is 5.63. The quantitative estimate of drug-likeness (QED) is 0.463. The molecule has 0 bridgehead atoms. The number of pyridine rings is 1. The van der Waals surface area contributed by atoms with Crippen molar-refractivity contribution in [3.8, 4) is 5.69 Å². The maximum absolute atomic E-state index is 13.3. The van der Waals surface area contributed by atoms with Gasteiger partial charge in [0.05, 0.1) is 11.4 Å². The van der Waals surface area contributed by atoms with E-state index < -0.39 is 0 Å². The van der Waals surface area contributed by atoms with Crippen LogP contribution < -0.4 is 5.56 Å². The topological polar surface area (TPSA) is 60.1 Å². The second-order valence-electron chi connectivity index (χ2n) is 8.18. The summed E-state index contributed by atoms with van der Waals surface area (Å²) in [5.41, 5.74) is 5.20. The van der Waals surface area contributed by atoms with Crippen LogP contribution in [0.25, 0.3) is 16.7 Å². The number of amides is 1. The van der Waals surface area contributed by atoms with Gasteiger partial charge < -0.3 is 4.90 Å². The fraction of sp³-hybridized carbons (Fsp3) is 0.269. The summed E-state index contributed by atoms with van der Waals surface area (Å²) in [7, 11) is 0. The van der Waals surface area contributed by atoms with E-state index in [1.165, 1.54) is 0 Å². The van der Waals surface area contributed by atoms with Crippen LogP contribution in [0.2, 0.25) is 0 Å². The van der Waals surface area contributed by atoms with E-state index in [2.05, 4.69) is 0 Å². The van der Waals surface area contributed by atoms with Crippen molar-refractivity contribution in [2.24, 2.45) is 0 Å². The van der Waals surface area contributed by atoms with Gasteiger partial charge in [0.25, 0.3) is 5.56 Å². The minimum absolute atomic E-state index is 0.0344. The van der Waals surface area contributed by atoms with E-state index in [1.54, 1.807) is 20.2 Å². The number of aryl methyl sites for hydroxylation is 3. The molecule has 0 N–H and O–H groups in total. The first-order chi connectivity index (χ1) is 15.4. The Balaban J connectivity index is 1.79. The van der Waals surface area contributed by atoms with Crippen LogP contribution in [0.3, 0.4) is 0 Å². The molecular formula is C26H28N4O2. The Kier molecular flexibility index (Phi) is 5.95. The van der Waals surface area contributed by atoms with E-state index in [1.807, 2.05) is 82.3 Å². The van der Waals surface area contributed by atoms with Gasteiger partial charge in [0.2, 0.25) is 5.91 Å². The minimum Gasteiger partial charge on any atom is -0.337 e. The lowest BCUT2D eigenvalue weighted by atomic mass is 10.1. The molecule has 0 radical (unpaired) electrons. The molecule has 6 nitrogen and oxygen atoms in total. The molecule has 2 heterocycles.